The lowest BCUT2D eigenvalue weighted by atomic mass is 10.1. The molecule has 1 amide bonds. The molecule has 136 valence electrons. The minimum Gasteiger partial charge on any atom is -0.340 e. The van der Waals surface area contributed by atoms with E-state index in [2.05, 4.69) is 18.7 Å². The number of benzene rings is 1. The van der Waals surface area contributed by atoms with Crippen molar-refractivity contribution < 1.29 is 4.79 Å². The van der Waals surface area contributed by atoms with E-state index in [0.717, 1.165) is 41.8 Å². The van der Waals surface area contributed by atoms with Gasteiger partial charge in [-0.25, -0.2) is 0 Å². The number of amides is 1. The monoisotopic (exact) mass is 390 g/mol. The highest BCUT2D eigenvalue weighted by molar-refractivity contribution is 7.99. The molecule has 0 aromatic heterocycles. The molecule has 1 saturated heterocycles. The minimum atomic E-state index is 0. The van der Waals surface area contributed by atoms with E-state index in [4.69, 9.17) is 11.6 Å². The molecule has 3 nitrogen and oxygen atoms in total. The van der Waals surface area contributed by atoms with Crippen LogP contribution in [0.5, 0.6) is 0 Å². The Hall–Kier alpha value is -0.420. The van der Waals surface area contributed by atoms with E-state index in [1.807, 2.05) is 29.2 Å². The van der Waals surface area contributed by atoms with Gasteiger partial charge in [0, 0.05) is 54.3 Å². The molecule has 0 bridgehead atoms. The molecule has 0 N–H and O–H groups in total. The van der Waals surface area contributed by atoms with Crippen LogP contribution in [0.2, 0.25) is 5.02 Å². The standard InChI is InChI=1S/C18H27ClN2OS.ClH/c1-3-16(4-2)20-9-11-21(12-10-20)18(22)8-13-23-17-7-5-6-15(19)14-17;/h5-7,14,16H,3-4,8-13H2,1-2H3;1H. The van der Waals surface area contributed by atoms with Crippen molar-refractivity contribution in [2.24, 2.45) is 0 Å². The SMILES string of the molecule is CCC(CC)N1CCN(C(=O)CCSc2cccc(Cl)c2)CC1.Cl. The topological polar surface area (TPSA) is 23.6 Å². The van der Waals surface area contributed by atoms with Gasteiger partial charge < -0.3 is 4.90 Å². The maximum atomic E-state index is 12.3. The maximum absolute atomic E-state index is 12.3. The largest absolute Gasteiger partial charge is 0.340 e. The fourth-order valence-electron chi connectivity index (χ4n) is 3.11. The summed E-state index contributed by atoms with van der Waals surface area (Å²) in [6.07, 6.45) is 2.99. The zero-order chi connectivity index (χ0) is 16.7. The van der Waals surface area contributed by atoms with E-state index >= 15 is 0 Å². The van der Waals surface area contributed by atoms with Gasteiger partial charge in [-0.15, -0.1) is 24.2 Å². The zero-order valence-electron chi connectivity index (χ0n) is 14.5. The van der Waals surface area contributed by atoms with E-state index in [1.165, 1.54) is 12.8 Å². The molecule has 0 radical (unpaired) electrons. The third-order valence-corrected chi connectivity index (χ3v) is 5.74. The van der Waals surface area contributed by atoms with Gasteiger partial charge in [0.1, 0.15) is 0 Å². The van der Waals surface area contributed by atoms with Crippen LogP contribution in [-0.2, 0) is 4.79 Å². The van der Waals surface area contributed by atoms with Crippen LogP contribution in [0.3, 0.4) is 0 Å². The van der Waals surface area contributed by atoms with Crippen LogP contribution in [0.15, 0.2) is 29.2 Å². The third kappa shape index (κ3) is 6.47. The maximum Gasteiger partial charge on any atom is 0.223 e. The van der Waals surface area contributed by atoms with Crippen LogP contribution in [0, 0.1) is 0 Å². The highest BCUT2D eigenvalue weighted by atomic mass is 35.5. The first-order valence-electron chi connectivity index (χ1n) is 8.54. The summed E-state index contributed by atoms with van der Waals surface area (Å²) in [7, 11) is 0. The van der Waals surface area contributed by atoms with Gasteiger partial charge in [0.25, 0.3) is 0 Å². The first-order valence-corrected chi connectivity index (χ1v) is 9.90. The number of carbonyl (C=O) groups is 1. The number of hydrogen-bond donors (Lipinski definition) is 0. The molecule has 1 fully saturated rings. The average molecular weight is 391 g/mol. The number of piperazine rings is 1. The first kappa shape index (κ1) is 21.6. The van der Waals surface area contributed by atoms with Gasteiger partial charge >= 0.3 is 0 Å². The smallest absolute Gasteiger partial charge is 0.223 e. The van der Waals surface area contributed by atoms with Crippen molar-refractivity contribution in [2.75, 3.05) is 31.9 Å². The molecule has 1 aliphatic heterocycles. The molecule has 1 aromatic carbocycles. The molecule has 1 aliphatic rings. The number of nitrogens with zero attached hydrogens (tertiary/aromatic N) is 2. The first-order chi connectivity index (χ1) is 11.1. The number of halogens is 2. The summed E-state index contributed by atoms with van der Waals surface area (Å²) in [5.74, 6) is 1.09. The van der Waals surface area contributed by atoms with Crippen molar-refractivity contribution >= 4 is 41.7 Å². The van der Waals surface area contributed by atoms with Gasteiger partial charge in [0.15, 0.2) is 0 Å². The molecule has 6 heteroatoms. The Labute approximate surface area is 161 Å². The second kappa shape index (κ2) is 11.2. The quantitative estimate of drug-likeness (QED) is 0.636. The van der Waals surface area contributed by atoms with Crippen molar-refractivity contribution in [1.82, 2.24) is 9.80 Å². The molecule has 0 aliphatic carbocycles. The number of hydrogen-bond acceptors (Lipinski definition) is 3. The molecular formula is C18H28Cl2N2OS. The fourth-order valence-corrected chi connectivity index (χ4v) is 4.27. The summed E-state index contributed by atoms with van der Waals surface area (Å²) >= 11 is 7.68. The van der Waals surface area contributed by atoms with E-state index in [9.17, 15) is 4.79 Å². The normalized spacial score (nSPS) is 15.4. The molecule has 2 rings (SSSR count). The lowest BCUT2D eigenvalue weighted by Crippen LogP contribution is -2.51. The summed E-state index contributed by atoms with van der Waals surface area (Å²) in [5, 5.41) is 0.749. The van der Waals surface area contributed by atoms with Crippen LogP contribution >= 0.6 is 35.8 Å². The van der Waals surface area contributed by atoms with Gasteiger partial charge in [0.2, 0.25) is 5.91 Å². The Balaban J connectivity index is 0.00000288. The van der Waals surface area contributed by atoms with E-state index < -0.39 is 0 Å². The van der Waals surface area contributed by atoms with E-state index in [0.29, 0.717) is 12.5 Å². The van der Waals surface area contributed by atoms with Crippen molar-refractivity contribution in [3.8, 4) is 0 Å². The summed E-state index contributed by atoms with van der Waals surface area (Å²) in [5.41, 5.74) is 0. The van der Waals surface area contributed by atoms with Gasteiger partial charge in [-0.3, -0.25) is 9.69 Å². The number of carbonyl (C=O) groups excluding carboxylic acids is 1. The van der Waals surface area contributed by atoms with Gasteiger partial charge in [0.05, 0.1) is 0 Å². The van der Waals surface area contributed by atoms with Crippen molar-refractivity contribution in [3.63, 3.8) is 0 Å². The zero-order valence-corrected chi connectivity index (χ0v) is 16.9. The van der Waals surface area contributed by atoms with Gasteiger partial charge in [-0.2, -0.15) is 0 Å². The highest BCUT2D eigenvalue weighted by Gasteiger charge is 2.24. The van der Waals surface area contributed by atoms with Crippen LogP contribution in [0.1, 0.15) is 33.1 Å². The molecular weight excluding hydrogens is 363 g/mol. The van der Waals surface area contributed by atoms with Crippen molar-refractivity contribution in [1.29, 1.82) is 0 Å². The fraction of sp³-hybridized carbons (Fsp3) is 0.611. The Morgan fingerprint density at radius 2 is 1.88 bits per heavy atom. The molecule has 24 heavy (non-hydrogen) atoms. The molecule has 0 saturated carbocycles. The summed E-state index contributed by atoms with van der Waals surface area (Å²) in [6.45, 7) is 8.27. The van der Waals surface area contributed by atoms with Crippen LogP contribution in [-0.4, -0.2) is 53.7 Å². The molecule has 1 heterocycles. The Morgan fingerprint density at radius 1 is 1.21 bits per heavy atom. The van der Waals surface area contributed by atoms with Crippen molar-refractivity contribution in [3.05, 3.63) is 29.3 Å². The summed E-state index contributed by atoms with van der Waals surface area (Å²) < 4.78 is 0. The molecule has 1 aromatic rings. The Bertz CT molecular complexity index is 504. The van der Waals surface area contributed by atoms with E-state index in [1.54, 1.807) is 11.8 Å². The lowest BCUT2D eigenvalue weighted by molar-refractivity contribution is -0.132. The molecule has 0 spiro atoms. The lowest BCUT2D eigenvalue weighted by Gasteiger charge is -2.38. The number of thioether (sulfide) groups is 1. The summed E-state index contributed by atoms with van der Waals surface area (Å²) in [6, 6.07) is 8.48. The third-order valence-electron chi connectivity index (χ3n) is 4.51. The van der Waals surface area contributed by atoms with E-state index in [-0.39, 0.29) is 18.3 Å². The second-order valence-corrected chi connectivity index (χ2v) is 7.55. The molecule has 0 atom stereocenters. The van der Waals surface area contributed by atoms with Crippen LogP contribution in [0.4, 0.5) is 0 Å². The van der Waals surface area contributed by atoms with Gasteiger partial charge in [-0.1, -0.05) is 31.5 Å². The minimum absolute atomic E-state index is 0. The second-order valence-electron chi connectivity index (χ2n) is 5.94. The van der Waals surface area contributed by atoms with Gasteiger partial charge in [-0.05, 0) is 31.0 Å². The predicted octanol–water partition coefficient (Wildman–Crippen LogP) is 4.58. The number of rotatable bonds is 7. The van der Waals surface area contributed by atoms with Crippen LogP contribution in [0.25, 0.3) is 0 Å². The predicted molar refractivity (Wildman–Crippen MR) is 107 cm³/mol. The van der Waals surface area contributed by atoms with Crippen LogP contribution < -0.4 is 0 Å². The summed E-state index contributed by atoms with van der Waals surface area (Å²) in [4.78, 5) is 18.0. The Morgan fingerprint density at radius 3 is 2.46 bits per heavy atom. The average Bonchev–Trinajstić information content (AvgIpc) is 2.56. The molecule has 0 unspecified atom stereocenters. The Kier molecular flexibility index (Phi) is 10.1. The van der Waals surface area contributed by atoms with Crippen molar-refractivity contribution in [2.45, 2.75) is 44.0 Å². The highest BCUT2D eigenvalue weighted by Crippen LogP contribution is 2.22.